The van der Waals surface area contributed by atoms with E-state index in [1.54, 1.807) is 29.0 Å². The first kappa shape index (κ1) is 25.1. The van der Waals surface area contributed by atoms with Gasteiger partial charge in [-0.2, -0.15) is 0 Å². The van der Waals surface area contributed by atoms with Gasteiger partial charge in [-0.3, -0.25) is 9.47 Å². The summed E-state index contributed by atoms with van der Waals surface area (Å²) in [6.07, 6.45) is 3.62. The Balaban J connectivity index is 1.43. The highest BCUT2D eigenvalue weighted by atomic mass is 32.1. The van der Waals surface area contributed by atoms with Gasteiger partial charge in [-0.1, -0.05) is 90.4 Å². The summed E-state index contributed by atoms with van der Waals surface area (Å²) in [7, 11) is 0. The molecule has 0 fully saturated rings. The molecule has 8 heteroatoms. The molecule has 0 bridgehead atoms. The summed E-state index contributed by atoms with van der Waals surface area (Å²) < 4.78 is 5.97. The summed E-state index contributed by atoms with van der Waals surface area (Å²) in [4.78, 5) is 18.3. The highest BCUT2D eigenvalue weighted by Gasteiger charge is 2.43. The molecule has 4 aromatic carbocycles. The minimum atomic E-state index is 0.0150. The molecule has 1 aliphatic rings. The second-order valence-electron chi connectivity index (χ2n) is 11.2. The van der Waals surface area contributed by atoms with Gasteiger partial charge < -0.3 is 0 Å². The van der Waals surface area contributed by atoms with Gasteiger partial charge in [-0.25, -0.2) is 15.0 Å². The van der Waals surface area contributed by atoms with Crippen LogP contribution in [0.2, 0.25) is 0 Å². The van der Waals surface area contributed by atoms with Crippen molar-refractivity contribution in [1.29, 1.82) is 0 Å². The molecule has 45 heavy (non-hydrogen) atoms. The van der Waals surface area contributed by atoms with Crippen molar-refractivity contribution in [1.82, 2.24) is 19.5 Å². The lowest BCUT2D eigenvalue weighted by molar-refractivity contribution is 1.06. The van der Waals surface area contributed by atoms with E-state index in [1.807, 2.05) is 12.3 Å². The molecule has 0 saturated carbocycles. The van der Waals surface area contributed by atoms with Gasteiger partial charge in [0.15, 0.2) is 5.82 Å². The maximum Gasteiger partial charge on any atom is 0.262 e. The van der Waals surface area contributed by atoms with Crippen molar-refractivity contribution < 1.29 is 0 Å². The number of anilines is 3. The van der Waals surface area contributed by atoms with Gasteiger partial charge >= 0.3 is 0 Å². The second-order valence-corrected chi connectivity index (χ2v) is 13.3. The summed E-state index contributed by atoms with van der Waals surface area (Å²) in [5.74, 6) is 1.99. The van der Waals surface area contributed by atoms with Crippen molar-refractivity contribution in [2.45, 2.75) is 0 Å². The van der Waals surface area contributed by atoms with E-state index < -0.39 is 0 Å². The first-order valence-corrected chi connectivity index (χ1v) is 16.5. The molecule has 0 amide bonds. The summed E-state index contributed by atoms with van der Waals surface area (Å²) >= 11 is 3.54. The smallest absolute Gasteiger partial charge is 0.262 e. The topological polar surface area (TPSA) is 46.8 Å². The van der Waals surface area contributed by atoms with Crippen LogP contribution in [0.5, 0.6) is 0 Å². The second kappa shape index (κ2) is 9.60. The van der Waals surface area contributed by atoms with Crippen LogP contribution in [0.3, 0.4) is 0 Å². The molecular formula is C37H22BN5S2. The molecule has 5 nitrogen and oxygen atoms in total. The van der Waals surface area contributed by atoms with Gasteiger partial charge in [0.25, 0.3) is 6.71 Å². The lowest BCUT2D eigenvalue weighted by atomic mass is 9.38. The van der Waals surface area contributed by atoms with E-state index in [1.165, 1.54) is 31.3 Å². The fourth-order valence-corrected chi connectivity index (χ4v) is 9.44. The number of aromatic nitrogens is 4. The van der Waals surface area contributed by atoms with E-state index >= 15 is 0 Å². The maximum atomic E-state index is 5.11. The molecule has 0 N–H and O–H groups in total. The zero-order valence-corrected chi connectivity index (χ0v) is 25.5. The van der Waals surface area contributed by atoms with Crippen LogP contribution >= 0.6 is 22.7 Å². The number of benzene rings is 4. The molecule has 9 aromatic rings. The molecule has 0 saturated heterocycles. The third-order valence-corrected chi connectivity index (χ3v) is 11.2. The zero-order chi connectivity index (χ0) is 29.5. The van der Waals surface area contributed by atoms with Gasteiger partial charge in [0.05, 0.1) is 21.4 Å². The molecule has 10 rings (SSSR count). The number of fused-ring (bicyclic) bond motifs is 9. The SMILES string of the molecule is c1ccc(B2c3sc4ncccc4c3N(c3ncnc4c3sc3ccccc34)c3c2c2ccccc2n3-c2ccccc2)cc1. The van der Waals surface area contributed by atoms with E-state index in [4.69, 9.17) is 15.0 Å². The first-order valence-electron chi connectivity index (χ1n) is 14.9. The van der Waals surface area contributed by atoms with Crippen LogP contribution in [-0.4, -0.2) is 26.2 Å². The molecule has 0 radical (unpaired) electrons. The van der Waals surface area contributed by atoms with Crippen molar-refractivity contribution in [2.75, 3.05) is 4.90 Å². The minimum absolute atomic E-state index is 0.0150. The van der Waals surface area contributed by atoms with Crippen LogP contribution in [0.4, 0.5) is 17.3 Å². The summed E-state index contributed by atoms with van der Waals surface area (Å²) in [5.41, 5.74) is 6.92. The lowest BCUT2D eigenvalue weighted by Crippen LogP contribution is -2.56. The average molecular weight is 612 g/mol. The Kier molecular flexibility index (Phi) is 5.35. The van der Waals surface area contributed by atoms with Gasteiger partial charge in [-0.05, 0) is 47.2 Å². The summed E-state index contributed by atoms with van der Waals surface area (Å²) in [5, 5.41) is 3.51. The lowest BCUT2D eigenvalue weighted by Gasteiger charge is -2.34. The van der Waals surface area contributed by atoms with E-state index in [2.05, 4.69) is 125 Å². The largest absolute Gasteiger partial charge is 0.296 e. The third-order valence-electron chi connectivity index (χ3n) is 8.84. The Labute approximate surface area is 266 Å². The average Bonchev–Trinajstić information content (AvgIpc) is 3.78. The highest BCUT2D eigenvalue weighted by Crippen LogP contribution is 2.48. The molecular weight excluding hydrogens is 589 g/mol. The summed E-state index contributed by atoms with van der Waals surface area (Å²) in [6.45, 7) is 0.0150. The minimum Gasteiger partial charge on any atom is -0.296 e. The fraction of sp³-hybridized carbons (Fsp3) is 0. The van der Waals surface area contributed by atoms with Crippen molar-refractivity contribution in [3.8, 4) is 5.69 Å². The first-order chi connectivity index (χ1) is 22.4. The predicted octanol–water partition coefficient (Wildman–Crippen LogP) is 7.70. The zero-order valence-electron chi connectivity index (χ0n) is 23.8. The normalized spacial score (nSPS) is 12.8. The van der Waals surface area contributed by atoms with Crippen molar-refractivity contribution in [3.05, 3.63) is 134 Å². The number of nitrogens with zero attached hydrogens (tertiary/aromatic N) is 5. The van der Waals surface area contributed by atoms with Crippen LogP contribution in [0.1, 0.15) is 0 Å². The van der Waals surface area contributed by atoms with Gasteiger partial charge in [0.2, 0.25) is 0 Å². The Morgan fingerprint density at radius 3 is 2.22 bits per heavy atom. The Hall–Kier alpha value is -5.31. The van der Waals surface area contributed by atoms with E-state index in [0.717, 1.165) is 48.8 Å². The number of rotatable bonds is 3. The predicted molar refractivity (Wildman–Crippen MR) is 191 cm³/mol. The van der Waals surface area contributed by atoms with Crippen LogP contribution < -0.4 is 20.6 Å². The summed E-state index contributed by atoms with van der Waals surface area (Å²) in [6, 6.07) is 43.2. The van der Waals surface area contributed by atoms with Crippen molar-refractivity contribution in [2.24, 2.45) is 0 Å². The van der Waals surface area contributed by atoms with Crippen LogP contribution in [0.15, 0.2) is 134 Å². The van der Waals surface area contributed by atoms with E-state index in [0.29, 0.717) is 0 Å². The molecule has 0 unspecified atom stereocenters. The Morgan fingerprint density at radius 2 is 1.36 bits per heavy atom. The van der Waals surface area contributed by atoms with Crippen molar-refractivity contribution in [3.63, 3.8) is 0 Å². The quantitative estimate of drug-likeness (QED) is 0.192. The monoisotopic (exact) mass is 611 g/mol. The van der Waals surface area contributed by atoms with Gasteiger partial charge in [0, 0.05) is 32.1 Å². The van der Waals surface area contributed by atoms with Crippen molar-refractivity contribution >= 4 is 104 Å². The molecule has 5 aromatic heterocycles. The van der Waals surface area contributed by atoms with Gasteiger partial charge in [-0.15, -0.1) is 22.7 Å². The molecule has 210 valence electrons. The number of hydrogen-bond acceptors (Lipinski definition) is 6. The third kappa shape index (κ3) is 3.52. The fourth-order valence-electron chi connectivity index (χ4n) is 7.04. The standard InChI is InChI=1S/C37H22BN5S2/c1-3-12-23(13-4-1)38-30-25-16-7-9-19-28(25)42(24-14-5-2-6-15-24)37(30)43(32-27-18-11-21-39-36(27)45-34(32)38)35-33-31(40-22-41-35)26-17-8-10-20-29(26)44-33/h1-22H. The Morgan fingerprint density at radius 1 is 0.622 bits per heavy atom. The number of pyridine rings is 1. The molecule has 6 heterocycles. The van der Waals surface area contributed by atoms with E-state index in [9.17, 15) is 0 Å². The maximum absolute atomic E-state index is 5.11. The van der Waals surface area contributed by atoms with Crippen LogP contribution in [0, 0.1) is 0 Å². The molecule has 1 aliphatic heterocycles. The molecule has 0 aliphatic carbocycles. The number of thiophene rings is 2. The molecule has 0 atom stereocenters. The Bertz CT molecular complexity index is 2570. The van der Waals surface area contributed by atoms with Crippen LogP contribution in [0.25, 0.3) is 47.1 Å². The van der Waals surface area contributed by atoms with E-state index in [-0.39, 0.29) is 6.71 Å². The number of hydrogen-bond donors (Lipinski definition) is 0. The van der Waals surface area contributed by atoms with Crippen LogP contribution in [-0.2, 0) is 0 Å². The highest BCUT2D eigenvalue weighted by molar-refractivity contribution is 7.33. The number of para-hydroxylation sites is 2. The van der Waals surface area contributed by atoms with Gasteiger partial charge in [0.1, 0.15) is 17.0 Å². The molecule has 0 spiro atoms.